The van der Waals surface area contributed by atoms with Crippen LogP contribution >= 0.6 is 0 Å². The second kappa shape index (κ2) is 58.3. The Morgan fingerprint density at radius 1 is 0.458 bits per heavy atom. The molecule has 0 aromatic heterocycles. The number of halogens is 21. The number of methoxy groups -OCH3 is 2. The number of hydrogen-bond acceptors (Lipinski definition) is 24. The van der Waals surface area contributed by atoms with Crippen LogP contribution in [-0.4, -0.2) is 145 Å². The molecule has 118 heavy (non-hydrogen) atoms. The van der Waals surface area contributed by atoms with Gasteiger partial charge < -0.3 is 73.6 Å². The number of benzene rings is 5. The standard InChI is InChI=1S/C13H16F4N4O4Si.C11H4F4N4O4.C8H3F5O2.C8H3F4N3O2.C7HF4N3O2.C6H17NO3Si.C2H2.N3.HNS.2Na.H2O/c1-23-26(24-2,25-3)6-4-5-19-13(22)7-8(14)10(16)12(20-21-18)11(17)9(7)15;12-6-5(7(13)9(15)10(8(6)14)17-18-16)11(22)23-19-3(20)1-2-4(19)21;1-15-8(14)2-3(9)5(11)7(13)6(12)4(2)10;1-17-8(16)2-3(9)5(11)7(14-15-13)6(12)4(2)10;8-2-1(7(15)16)3(9)5(11)6(4(2)10)13-14-12;1-8-11(9-2,10-3)6-4-5-7;1-2;1-3-2;1-2;;;/h4-6H2,1-3H3,(H,19,22);1-2H2;1H3;1H3;(H,15,16);4-7H2,1-3H3;1-2H;;1H;;;1H2/q;;;;;;;-1;;2*+1;/p-1/i;;;;;;1D;;;;;. The van der Waals surface area contributed by atoms with Gasteiger partial charge >= 0.3 is 101 Å². The number of carbonyl (C=O) groups excluding carboxylic acids is 6. The van der Waals surface area contributed by atoms with Gasteiger partial charge in [-0.25, -0.2) is 116 Å². The van der Waals surface area contributed by atoms with Crippen molar-refractivity contribution in [1.82, 2.24) is 10.4 Å². The first-order valence-electron chi connectivity index (χ1n) is 28.9. The molecule has 37 nitrogen and oxygen atoms in total. The molecule has 0 aliphatic carbocycles. The van der Waals surface area contributed by atoms with E-state index >= 15 is 0 Å². The summed E-state index contributed by atoms with van der Waals surface area (Å²) in [5.41, 5.74) is 36.6. The second-order valence-electron chi connectivity index (χ2n) is 18.8. The molecule has 0 radical (unpaired) electrons. The molecule has 6 N–H and O–H groups in total. The van der Waals surface area contributed by atoms with Crippen molar-refractivity contribution in [1.29, 1.82) is 4.78 Å². The third kappa shape index (κ3) is 30.7. The topological polar surface area (TPSA) is 572 Å². The average Bonchev–Trinajstić information content (AvgIpc) is 1.83. The number of ether oxygens (including phenoxy) is 2. The van der Waals surface area contributed by atoms with E-state index in [1.54, 1.807) is 21.3 Å². The molecule has 1 saturated heterocycles. The molecule has 0 atom stereocenters. The van der Waals surface area contributed by atoms with Crippen LogP contribution in [0.25, 0.3) is 57.7 Å². The Hall–Kier alpha value is -10.6. The number of nitrogens with zero attached hydrogens (tertiary/aromatic N) is 16. The van der Waals surface area contributed by atoms with E-state index < -0.39 is 232 Å². The molecule has 3 amide bonds. The van der Waals surface area contributed by atoms with Crippen molar-refractivity contribution >= 4 is 94.4 Å². The van der Waals surface area contributed by atoms with Gasteiger partial charge in [0.05, 0.1) is 14.2 Å². The van der Waals surface area contributed by atoms with E-state index in [1.165, 1.54) is 32.6 Å². The smallest absolute Gasteiger partial charge is 0.870 e. The number of terminal acetylenes is 1. The summed E-state index contributed by atoms with van der Waals surface area (Å²) in [7, 11) is 5.30. The number of carboxylic acid groups (broad SMARTS) is 1. The van der Waals surface area contributed by atoms with Crippen LogP contribution in [0.1, 0.15) is 78.8 Å². The van der Waals surface area contributed by atoms with Crippen LogP contribution in [0.4, 0.5) is 115 Å². The zero-order valence-electron chi connectivity index (χ0n) is 61.7. The number of nitrogens with two attached hydrogens (primary N) is 1. The molecule has 1 fully saturated rings. The number of aromatic carboxylic acids is 1. The Morgan fingerprint density at radius 2 is 0.678 bits per heavy atom. The number of esters is 2. The van der Waals surface area contributed by atoms with Gasteiger partial charge in [-0.2, -0.15) is 0 Å². The van der Waals surface area contributed by atoms with Gasteiger partial charge in [-0.15, -0.1) is 17.9 Å². The summed E-state index contributed by atoms with van der Waals surface area (Å²) in [4.78, 5) is 91.5. The van der Waals surface area contributed by atoms with Gasteiger partial charge in [-0.1, -0.05) is 20.5 Å². The van der Waals surface area contributed by atoms with E-state index in [-0.39, 0.29) is 102 Å². The number of amides is 3. The van der Waals surface area contributed by atoms with Crippen molar-refractivity contribution in [2.45, 2.75) is 37.8 Å². The minimum absolute atomic E-state index is 0. The Kier molecular flexibility index (Phi) is 57.2. The van der Waals surface area contributed by atoms with Crippen molar-refractivity contribution in [2.75, 3.05) is 70.0 Å². The van der Waals surface area contributed by atoms with E-state index in [1.807, 2.05) is 14.7 Å². The van der Waals surface area contributed by atoms with Crippen LogP contribution in [0.2, 0.25) is 12.1 Å². The van der Waals surface area contributed by atoms with E-state index in [2.05, 4.69) is 63.8 Å². The van der Waals surface area contributed by atoms with Gasteiger partial charge in [0.1, 0.15) is 51.9 Å². The molecule has 0 bridgehead atoms. The minimum atomic E-state index is -2.89. The Morgan fingerprint density at radius 3 is 0.907 bits per heavy atom. The molecule has 1 heterocycles. The first-order chi connectivity index (χ1) is 54.4. The van der Waals surface area contributed by atoms with Crippen LogP contribution in [0, 0.1) is 140 Å². The molecule has 5 aromatic rings. The maximum Gasteiger partial charge on any atom is 1.00 e. The largest absolute Gasteiger partial charge is 1.00 e. The van der Waals surface area contributed by atoms with Gasteiger partial charge in [-0.05, 0) is 41.5 Å². The van der Waals surface area contributed by atoms with Crippen molar-refractivity contribution in [3.8, 4) is 12.8 Å². The zero-order valence-corrected chi connectivity index (χ0v) is 67.6. The number of rotatable bonds is 23. The SMILES string of the molecule is COC(=O)c1c(F)c(F)c(F)c(F)c1F.COC(=O)c1c(F)c(F)c(N=[N+]=[N-])c(F)c1F.CO[Si](CCCN)(OC)OC.CO[Si](CCCNC(=O)c1c(F)c(F)c(N=[N+]=[N-])c(F)c1F)(OC)OC.N=S.[2H]C#C.[N-]=[N+]=Nc1c(F)c(F)c(C(=O)O)c(F)c1F.[N-]=[N+]=Nc1c(F)c(F)c(C(=O)ON2C(=O)CCC2=O)c(F)c1F.[N-]=[N+]=[N-].[Na+].[Na+].[OH-]. The Labute approximate surface area is 697 Å². The predicted octanol–water partition coefficient (Wildman–Crippen LogP) is 9.07. The molecule has 6 rings (SSSR count). The van der Waals surface area contributed by atoms with E-state index in [0.717, 1.165) is 26.7 Å². The van der Waals surface area contributed by atoms with Crippen molar-refractivity contribution in [2.24, 2.45) is 26.2 Å². The quantitative estimate of drug-likeness (QED) is 0.00404. The van der Waals surface area contributed by atoms with Crippen LogP contribution in [0.3, 0.4) is 0 Å². The van der Waals surface area contributed by atoms with E-state index in [0.29, 0.717) is 6.54 Å². The number of nitrogens with one attached hydrogen (secondary N) is 2. The molecule has 1 aliphatic heterocycles. The Balaban J connectivity index is -0.000000320. The first kappa shape index (κ1) is 116. The van der Waals surface area contributed by atoms with E-state index in [4.69, 9.17) is 76.7 Å². The van der Waals surface area contributed by atoms with Crippen LogP contribution < -0.4 is 70.2 Å². The predicted molar refractivity (Wildman–Crippen MR) is 348 cm³/mol. The van der Waals surface area contributed by atoms with Crippen molar-refractivity contribution in [3.63, 3.8) is 0 Å². The van der Waals surface area contributed by atoms with Crippen molar-refractivity contribution in [3.05, 3.63) is 208 Å². The molecular formula is C55H48F21N19Na2O18SSi2. The van der Waals surface area contributed by atoms with E-state index in [9.17, 15) is 126 Å². The fraction of sp³-hybridized carbons (Fsp3) is 0.291. The molecule has 1 aliphatic rings. The number of hydrogen-bond donors (Lipinski definition) is 4. The molecule has 63 heteroatoms. The second-order valence-corrected chi connectivity index (χ2v) is 25.0. The van der Waals surface area contributed by atoms with Crippen LogP contribution in [0.15, 0.2) is 20.5 Å². The Bertz CT molecular complexity index is 4540. The fourth-order valence-electron chi connectivity index (χ4n) is 7.56. The van der Waals surface area contributed by atoms with Gasteiger partial charge in [0.15, 0.2) is 116 Å². The monoisotopic (exact) mass is 1800 g/mol. The summed E-state index contributed by atoms with van der Waals surface area (Å²) in [6.45, 7) is 0.550. The molecule has 0 spiro atoms. The summed E-state index contributed by atoms with van der Waals surface area (Å²) in [5, 5.41) is 20.2. The van der Waals surface area contributed by atoms with Gasteiger partial charge in [0.25, 0.3) is 17.7 Å². The van der Waals surface area contributed by atoms with Gasteiger partial charge in [0, 0.05) is 106 Å². The molecular weight excluding hydrogens is 1750 g/mol. The summed E-state index contributed by atoms with van der Waals surface area (Å²) in [6.07, 6.45) is 6.30. The maximum absolute atomic E-state index is 13.9. The van der Waals surface area contributed by atoms with Crippen LogP contribution in [-0.2, 0) is 62.9 Å². The summed E-state index contributed by atoms with van der Waals surface area (Å²) in [6, 6.07) is 1.06. The van der Waals surface area contributed by atoms with Gasteiger partial charge in [-0.3, -0.25) is 19.3 Å². The minimum Gasteiger partial charge on any atom is -0.870 e. The van der Waals surface area contributed by atoms with Crippen LogP contribution in [0.5, 0.6) is 0 Å². The molecule has 0 saturated carbocycles. The summed E-state index contributed by atoms with van der Waals surface area (Å²) in [5.74, 6) is -54.6. The average molecular weight is 1800 g/mol. The summed E-state index contributed by atoms with van der Waals surface area (Å²) >= 11 is 3.33. The zero-order chi connectivity index (χ0) is 90.7. The van der Waals surface area contributed by atoms with Crippen molar-refractivity contribution < 1.29 is 238 Å². The number of carbonyl (C=O) groups is 7. The molecule has 5 aromatic carbocycles. The third-order valence-corrected chi connectivity index (χ3v) is 18.5. The first-order valence-corrected chi connectivity index (χ1v) is 32.7. The third-order valence-electron chi connectivity index (χ3n) is 12.9. The number of hydroxylamine groups is 2. The number of imide groups is 1. The number of azide groups is 4. The molecule has 634 valence electrons. The molecule has 0 unspecified atom stereocenters. The fourth-order valence-corrected chi connectivity index (χ4v) is 11.0. The number of carboxylic acids is 1. The maximum atomic E-state index is 13.9. The normalized spacial score (nSPS) is 10.5. The summed E-state index contributed by atoms with van der Waals surface area (Å²) < 4.78 is 327. The van der Waals surface area contributed by atoms with Gasteiger partial charge in [0.2, 0.25) is 5.82 Å².